The predicted molar refractivity (Wildman–Crippen MR) is 91.2 cm³/mol. The largest absolute Gasteiger partial charge is 0.478 e. The molecule has 1 aromatic carbocycles. The van der Waals surface area contributed by atoms with Crippen molar-refractivity contribution in [3.05, 3.63) is 35.9 Å². The Balaban J connectivity index is 2.00. The molecule has 1 aliphatic rings. The molecule has 0 saturated heterocycles. The third-order valence-electron chi connectivity index (χ3n) is 5.07. The van der Waals surface area contributed by atoms with Crippen molar-refractivity contribution in [2.24, 2.45) is 17.8 Å². The summed E-state index contributed by atoms with van der Waals surface area (Å²) in [5, 5.41) is 22.2. The lowest BCUT2D eigenvalue weighted by Crippen LogP contribution is -2.57. The molecule has 1 saturated carbocycles. The Bertz CT molecular complexity index is 564. The van der Waals surface area contributed by atoms with E-state index in [0.717, 1.165) is 25.7 Å². The lowest BCUT2D eigenvalue weighted by molar-refractivity contribution is -0.166. The van der Waals surface area contributed by atoms with Crippen molar-refractivity contribution in [3.63, 3.8) is 0 Å². The van der Waals surface area contributed by atoms with Crippen LogP contribution in [-0.4, -0.2) is 27.8 Å². The summed E-state index contributed by atoms with van der Waals surface area (Å²) in [5.41, 5.74) is -1.61. The van der Waals surface area contributed by atoms with E-state index in [2.05, 4.69) is 19.2 Å². The number of hydrogen-bond donors (Lipinski definition) is 3. The molecule has 5 heteroatoms. The average molecular weight is 333 g/mol. The summed E-state index contributed by atoms with van der Waals surface area (Å²) in [6.07, 6.45) is 3.28. The summed E-state index contributed by atoms with van der Waals surface area (Å²) in [5.74, 6) is -0.796. The molecular formula is C19H27NO4. The van der Waals surface area contributed by atoms with Crippen molar-refractivity contribution >= 4 is 11.9 Å². The van der Waals surface area contributed by atoms with E-state index in [-0.39, 0.29) is 18.2 Å². The standard InChI is InChI=1S/C19H27NO4/c1-13(2)15-8-10-16(11-9-15)17(21)20-19(24,18(22)23)12-14-6-4-3-5-7-14/h3-7,13,15-16,24H,8-12H2,1-2H3,(H,20,21)(H,22,23). The number of rotatable bonds is 6. The van der Waals surface area contributed by atoms with Gasteiger partial charge in [-0.3, -0.25) is 4.79 Å². The first-order chi connectivity index (χ1) is 11.3. The Hall–Kier alpha value is -1.88. The fourth-order valence-electron chi connectivity index (χ4n) is 3.42. The number of benzene rings is 1. The van der Waals surface area contributed by atoms with Crippen LogP contribution < -0.4 is 5.32 Å². The van der Waals surface area contributed by atoms with Gasteiger partial charge < -0.3 is 15.5 Å². The molecule has 0 aromatic heterocycles. The van der Waals surface area contributed by atoms with Gasteiger partial charge in [-0.2, -0.15) is 0 Å². The molecular weight excluding hydrogens is 306 g/mol. The van der Waals surface area contributed by atoms with Crippen LogP contribution in [0.15, 0.2) is 30.3 Å². The summed E-state index contributed by atoms with van der Waals surface area (Å²) in [4.78, 5) is 24.0. The maximum atomic E-state index is 12.5. The number of aliphatic hydroxyl groups is 1. The SMILES string of the molecule is CC(C)C1CCC(C(=O)NC(O)(Cc2ccccc2)C(=O)O)CC1. The quantitative estimate of drug-likeness (QED) is 0.698. The Kier molecular flexibility index (Phi) is 5.99. The average Bonchev–Trinajstić information content (AvgIpc) is 2.55. The zero-order chi connectivity index (χ0) is 17.7. The maximum absolute atomic E-state index is 12.5. The van der Waals surface area contributed by atoms with E-state index < -0.39 is 11.7 Å². The molecule has 1 atom stereocenters. The first-order valence-corrected chi connectivity index (χ1v) is 8.63. The Morgan fingerprint density at radius 2 is 1.75 bits per heavy atom. The lowest BCUT2D eigenvalue weighted by Gasteiger charge is -2.32. The van der Waals surface area contributed by atoms with E-state index in [1.165, 1.54) is 0 Å². The van der Waals surface area contributed by atoms with Gasteiger partial charge in [-0.1, -0.05) is 44.2 Å². The summed E-state index contributed by atoms with van der Waals surface area (Å²) in [6.45, 7) is 4.38. The third kappa shape index (κ3) is 4.57. The van der Waals surface area contributed by atoms with Gasteiger partial charge in [0.1, 0.15) is 0 Å². The van der Waals surface area contributed by atoms with Crippen molar-refractivity contribution in [2.75, 3.05) is 0 Å². The van der Waals surface area contributed by atoms with E-state index >= 15 is 0 Å². The molecule has 5 nitrogen and oxygen atoms in total. The molecule has 1 aliphatic carbocycles. The molecule has 3 N–H and O–H groups in total. The molecule has 1 aromatic rings. The minimum Gasteiger partial charge on any atom is -0.478 e. The van der Waals surface area contributed by atoms with Crippen LogP contribution >= 0.6 is 0 Å². The van der Waals surface area contributed by atoms with Crippen LogP contribution in [0, 0.1) is 17.8 Å². The fraction of sp³-hybridized carbons (Fsp3) is 0.579. The van der Waals surface area contributed by atoms with Gasteiger partial charge >= 0.3 is 5.97 Å². The molecule has 1 unspecified atom stereocenters. The van der Waals surface area contributed by atoms with E-state index in [4.69, 9.17) is 0 Å². The van der Waals surface area contributed by atoms with Gasteiger partial charge in [0.05, 0.1) is 0 Å². The van der Waals surface area contributed by atoms with Gasteiger partial charge in [-0.05, 0) is 43.1 Å². The van der Waals surface area contributed by atoms with Crippen LogP contribution in [0.4, 0.5) is 0 Å². The van der Waals surface area contributed by atoms with Crippen molar-refractivity contribution in [1.82, 2.24) is 5.32 Å². The monoisotopic (exact) mass is 333 g/mol. The minimum absolute atomic E-state index is 0.156. The Morgan fingerprint density at radius 1 is 1.17 bits per heavy atom. The van der Waals surface area contributed by atoms with Crippen molar-refractivity contribution < 1.29 is 19.8 Å². The Labute approximate surface area is 143 Å². The summed E-state index contributed by atoms with van der Waals surface area (Å²) >= 11 is 0. The molecule has 0 aliphatic heterocycles. The fourth-order valence-corrected chi connectivity index (χ4v) is 3.42. The number of carbonyl (C=O) groups excluding carboxylic acids is 1. The molecule has 132 valence electrons. The number of nitrogens with one attached hydrogen (secondary N) is 1. The van der Waals surface area contributed by atoms with Crippen LogP contribution in [-0.2, 0) is 16.0 Å². The number of carboxylic acid groups (broad SMARTS) is 1. The summed E-state index contributed by atoms with van der Waals surface area (Å²) in [7, 11) is 0. The number of carbonyl (C=O) groups is 2. The third-order valence-corrected chi connectivity index (χ3v) is 5.07. The molecule has 2 rings (SSSR count). The molecule has 0 radical (unpaired) electrons. The smallest absolute Gasteiger partial charge is 0.357 e. The van der Waals surface area contributed by atoms with Crippen LogP contribution in [0.25, 0.3) is 0 Å². The molecule has 24 heavy (non-hydrogen) atoms. The highest BCUT2D eigenvalue weighted by molar-refractivity contribution is 5.87. The number of hydrogen-bond acceptors (Lipinski definition) is 3. The zero-order valence-electron chi connectivity index (χ0n) is 14.4. The first-order valence-electron chi connectivity index (χ1n) is 8.63. The van der Waals surface area contributed by atoms with Crippen LogP contribution in [0.2, 0.25) is 0 Å². The number of aliphatic carboxylic acids is 1. The van der Waals surface area contributed by atoms with Gasteiger partial charge in [0.2, 0.25) is 11.6 Å². The molecule has 1 fully saturated rings. The Morgan fingerprint density at radius 3 is 2.25 bits per heavy atom. The highest BCUT2D eigenvalue weighted by Gasteiger charge is 2.40. The molecule has 0 heterocycles. The molecule has 0 spiro atoms. The highest BCUT2D eigenvalue weighted by atomic mass is 16.4. The van der Waals surface area contributed by atoms with Crippen LogP contribution in [0.5, 0.6) is 0 Å². The first kappa shape index (κ1) is 18.5. The normalized spacial score (nSPS) is 23.5. The lowest BCUT2D eigenvalue weighted by atomic mass is 9.76. The van der Waals surface area contributed by atoms with Crippen molar-refractivity contribution in [2.45, 2.75) is 51.7 Å². The predicted octanol–water partition coefficient (Wildman–Crippen LogP) is 2.58. The van der Waals surface area contributed by atoms with E-state index in [1.54, 1.807) is 24.3 Å². The number of amides is 1. The van der Waals surface area contributed by atoms with E-state index in [9.17, 15) is 19.8 Å². The van der Waals surface area contributed by atoms with Crippen LogP contribution in [0.1, 0.15) is 45.1 Å². The van der Waals surface area contributed by atoms with E-state index in [0.29, 0.717) is 17.4 Å². The topological polar surface area (TPSA) is 86.6 Å². The second-order valence-electron chi connectivity index (χ2n) is 7.17. The van der Waals surface area contributed by atoms with Gasteiger partial charge in [-0.25, -0.2) is 4.79 Å². The minimum atomic E-state index is -2.27. The number of carboxylic acids is 1. The maximum Gasteiger partial charge on any atom is 0.357 e. The second kappa shape index (κ2) is 7.79. The molecule has 0 bridgehead atoms. The van der Waals surface area contributed by atoms with Gasteiger partial charge in [0, 0.05) is 12.3 Å². The molecule has 1 amide bonds. The van der Waals surface area contributed by atoms with Crippen molar-refractivity contribution in [1.29, 1.82) is 0 Å². The van der Waals surface area contributed by atoms with Crippen LogP contribution in [0.3, 0.4) is 0 Å². The van der Waals surface area contributed by atoms with Gasteiger partial charge in [0.25, 0.3) is 0 Å². The van der Waals surface area contributed by atoms with Gasteiger partial charge in [-0.15, -0.1) is 0 Å². The van der Waals surface area contributed by atoms with Crippen molar-refractivity contribution in [3.8, 4) is 0 Å². The summed E-state index contributed by atoms with van der Waals surface area (Å²) < 4.78 is 0. The second-order valence-corrected chi connectivity index (χ2v) is 7.17. The zero-order valence-corrected chi connectivity index (χ0v) is 14.4. The summed E-state index contributed by atoms with van der Waals surface area (Å²) in [6, 6.07) is 8.82. The van der Waals surface area contributed by atoms with Gasteiger partial charge in [0.15, 0.2) is 0 Å². The van der Waals surface area contributed by atoms with E-state index in [1.807, 2.05) is 6.07 Å². The highest BCUT2D eigenvalue weighted by Crippen LogP contribution is 2.33.